The predicted molar refractivity (Wildman–Crippen MR) is 113 cm³/mol. The summed E-state index contributed by atoms with van der Waals surface area (Å²) >= 11 is 3.38. The molecule has 0 unspecified atom stereocenters. The Kier molecular flexibility index (Phi) is 6.45. The first-order chi connectivity index (χ1) is 13.6. The molecule has 0 N–H and O–H groups in total. The van der Waals surface area contributed by atoms with Gasteiger partial charge in [0.1, 0.15) is 24.7 Å². The molecule has 0 aromatic heterocycles. The Hall–Kier alpha value is -3.12. The van der Waals surface area contributed by atoms with Gasteiger partial charge in [-0.1, -0.05) is 41.2 Å². The summed E-state index contributed by atoms with van der Waals surface area (Å²) in [6.07, 6.45) is 4.93. The predicted octanol–water partition coefficient (Wildman–Crippen LogP) is 4.92. The Bertz CT molecular complexity index is 961. The molecule has 1 aliphatic rings. The summed E-state index contributed by atoms with van der Waals surface area (Å²) in [6.45, 7) is 7.99. The van der Waals surface area contributed by atoms with Crippen molar-refractivity contribution in [3.63, 3.8) is 0 Å². The molecule has 0 saturated carbocycles. The Balaban J connectivity index is 1.92. The van der Waals surface area contributed by atoms with Crippen molar-refractivity contribution in [1.29, 1.82) is 0 Å². The van der Waals surface area contributed by atoms with Crippen molar-refractivity contribution >= 4 is 33.9 Å². The van der Waals surface area contributed by atoms with Crippen LogP contribution in [0.2, 0.25) is 0 Å². The number of cyclic esters (lactones) is 1. The minimum Gasteiger partial charge on any atom is -0.489 e. The third kappa shape index (κ3) is 4.78. The van der Waals surface area contributed by atoms with Gasteiger partial charge in [0.05, 0.1) is 0 Å². The van der Waals surface area contributed by atoms with Gasteiger partial charge < -0.3 is 14.2 Å². The lowest BCUT2D eigenvalue weighted by Gasteiger charge is -2.10. The van der Waals surface area contributed by atoms with Crippen LogP contribution >= 0.6 is 15.9 Å². The van der Waals surface area contributed by atoms with E-state index < -0.39 is 5.97 Å². The highest BCUT2D eigenvalue weighted by molar-refractivity contribution is 9.10. The molecule has 5 nitrogen and oxygen atoms in total. The number of carbonyl (C=O) groups excluding carboxylic acids is 1. The molecule has 0 amide bonds. The summed E-state index contributed by atoms with van der Waals surface area (Å²) in [7, 11) is 0. The number of halogens is 1. The lowest BCUT2D eigenvalue weighted by Crippen LogP contribution is -2.05. The average Bonchev–Trinajstić information content (AvgIpc) is 3.07. The molecule has 1 aliphatic heterocycles. The summed E-state index contributed by atoms with van der Waals surface area (Å²) in [6, 6.07) is 12.7. The SMILES string of the molecule is C=CCOc1ccc(/C=C2/N=C(c3ccc(Br)cc3)OC2=O)c(OCC=C)c1. The normalized spacial score (nSPS) is 14.4. The second kappa shape index (κ2) is 9.19. The van der Waals surface area contributed by atoms with Crippen LogP contribution in [0.25, 0.3) is 6.08 Å². The van der Waals surface area contributed by atoms with E-state index in [1.54, 1.807) is 36.4 Å². The first-order valence-electron chi connectivity index (χ1n) is 8.50. The van der Waals surface area contributed by atoms with Gasteiger partial charge in [0, 0.05) is 21.7 Å². The Labute approximate surface area is 171 Å². The number of hydrogen-bond donors (Lipinski definition) is 0. The lowest BCUT2D eigenvalue weighted by molar-refractivity contribution is -0.129. The van der Waals surface area contributed by atoms with E-state index in [9.17, 15) is 4.79 Å². The molecule has 1 heterocycles. The lowest BCUT2D eigenvalue weighted by atomic mass is 10.1. The quantitative estimate of drug-likeness (QED) is 0.332. The van der Waals surface area contributed by atoms with Gasteiger partial charge in [0.2, 0.25) is 5.90 Å². The van der Waals surface area contributed by atoms with Gasteiger partial charge in [-0.25, -0.2) is 9.79 Å². The van der Waals surface area contributed by atoms with Crippen LogP contribution in [0.3, 0.4) is 0 Å². The first kappa shape index (κ1) is 19.6. The molecule has 0 spiro atoms. The van der Waals surface area contributed by atoms with Gasteiger partial charge >= 0.3 is 5.97 Å². The van der Waals surface area contributed by atoms with Crippen LogP contribution in [0.1, 0.15) is 11.1 Å². The van der Waals surface area contributed by atoms with Crippen LogP contribution in [0.5, 0.6) is 11.5 Å². The summed E-state index contributed by atoms with van der Waals surface area (Å²) in [5, 5.41) is 0. The largest absolute Gasteiger partial charge is 0.489 e. The molecule has 6 heteroatoms. The molecule has 0 bridgehead atoms. The molecule has 28 heavy (non-hydrogen) atoms. The zero-order valence-corrected chi connectivity index (χ0v) is 16.6. The fraction of sp³-hybridized carbons (Fsp3) is 0.0909. The number of carbonyl (C=O) groups is 1. The highest BCUT2D eigenvalue weighted by Gasteiger charge is 2.24. The number of aliphatic imine (C=N–C) groups is 1. The smallest absolute Gasteiger partial charge is 0.363 e. The van der Waals surface area contributed by atoms with Crippen LogP contribution in [-0.4, -0.2) is 25.1 Å². The first-order valence-corrected chi connectivity index (χ1v) is 9.30. The minimum absolute atomic E-state index is 0.195. The highest BCUT2D eigenvalue weighted by atomic mass is 79.9. The minimum atomic E-state index is -0.514. The van der Waals surface area contributed by atoms with E-state index in [2.05, 4.69) is 34.1 Å². The van der Waals surface area contributed by atoms with Gasteiger partial charge in [0.25, 0.3) is 0 Å². The average molecular weight is 440 g/mol. The van der Waals surface area contributed by atoms with E-state index in [1.807, 2.05) is 24.3 Å². The van der Waals surface area contributed by atoms with Crippen molar-refractivity contribution in [2.75, 3.05) is 13.2 Å². The molecule has 3 rings (SSSR count). The molecule has 0 radical (unpaired) electrons. The van der Waals surface area contributed by atoms with Crippen LogP contribution in [0, 0.1) is 0 Å². The van der Waals surface area contributed by atoms with Crippen LogP contribution in [0.15, 0.2) is 82.9 Å². The van der Waals surface area contributed by atoms with E-state index in [1.165, 1.54) is 0 Å². The van der Waals surface area contributed by atoms with Crippen molar-refractivity contribution in [1.82, 2.24) is 0 Å². The van der Waals surface area contributed by atoms with Crippen molar-refractivity contribution in [3.8, 4) is 11.5 Å². The molecule has 0 fully saturated rings. The van der Waals surface area contributed by atoms with Gasteiger partial charge in [0.15, 0.2) is 5.70 Å². The van der Waals surface area contributed by atoms with Crippen molar-refractivity contribution in [3.05, 3.63) is 89.1 Å². The van der Waals surface area contributed by atoms with E-state index in [-0.39, 0.29) is 11.6 Å². The van der Waals surface area contributed by atoms with Gasteiger partial charge in [-0.15, -0.1) is 0 Å². The van der Waals surface area contributed by atoms with Crippen LogP contribution in [0.4, 0.5) is 0 Å². The van der Waals surface area contributed by atoms with Crippen molar-refractivity contribution in [2.45, 2.75) is 0 Å². The number of rotatable bonds is 8. The van der Waals surface area contributed by atoms with Gasteiger partial charge in [-0.3, -0.25) is 0 Å². The van der Waals surface area contributed by atoms with E-state index >= 15 is 0 Å². The summed E-state index contributed by atoms with van der Waals surface area (Å²) in [4.78, 5) is 16.6. The third-order valence-electron chi connectivity index (χ3n) is 3.71. The van der Waals surface area contributed by atoms with Gasteiger partial charge in [-0.2, -0.15) is 0 Å². The molecule has 2 aromatic rings. The fourth-order valence-corrected chi connectivity index (χ4v) is 2.69. The third-order valence-corrected chi connectivity index (χ3v) is 4.24. The Morgan fingerprint density at radius 1 is 1.04 bits per heavy atom. The maximum atomic E-state index is 12.3. The number of ether oxygens (including phenoxy) is 3. The molecule has 2 aromatic carbocycles. The molecule has 142 valence electrons. The van der Waals surface area contributed by atoms with E-state index in [0.717, 1.165) is 10.0 Å². The standard InChI is InChI=1S/C22H18BrNO4/c1-3-11-26-18-10-7-16(20(14-18)27-12-4-2)13-19-22(25)28-21(24-19)15-5-8-17(23)9-6-15/h3-10,13-14H,1-2,11-12H2/b19-13+. The number of benzene rings is 2. The monoisotopic (exact) mass is 439 g/mol. The second-order valence-electron chi connectivity index (χ2n) is 5.74. The second-order valence-corrected chi connectivity index (χ2v) is 6.66. The van der Waals surface area contributed by atoms with Gasteiger partial charge in [-0.05, 0) is 42.5 Å². The van der Waals surface area contributed by atoms with Crippen LogP contribution in [-0.2, 0) is 9.53 Å². The maximum Gasteiger partial charge on any atom is 0.363 e. The zero-order valence-electron chi connectivity index (χ0n) is 15.1. The van der Waals surface area contributed by atoms with E-state index in [4.69, 9.17) is 14.2 Å². The summed E-state index contributed by atoms with van der Waals surface area (Å²) in [5.74, 6) is 0.936. The number of esters is 1. The summed E-state index contributed by atoms with van der Waals surface area (Å²) < 4.78 is 17.5. The molecular formula is C22H18BrNO4. The molecule has 0 atom stereocenters. The van der Waals surface area contributed by atoms with Crippen molar-refractivity contribution < 1.29 is 19.0 Å². The molecule has 0 saturated heterocycles. The Morgan fingerprint density at radius 2 is 1.75 bits per heavy atom. The maximum absolute atomic E-state index is 12.3. The fourth-order valence-electron chi connectivity index (χ4n) is 2.42. The number of nitrogens with zero attached hydrogens (tertiary/aromatic N) is 1. The molecule has 0 aliphatic carbocycles. The van der Waals surface area contributed by atoms with E-state index in [0.29, 0.717) is 30.3 Å². The van der Waals surface area contributed by atoms with Crippen LogP contribution < -0.4 is 9.47 Å². The van der Waals surface area contributed by atoms with Crippen molar-refractivity contribution in [2.24, 2.45) is 4.99 Å². The topological polar surface area (TPSA) is 57.1 Å². The molecular weight excluding hydrogens is 422 g/mol. The summed E-state index contributed by atoms with van der Waals surface area (Å²) in [5.41, 5.74) is 1.60. The highest BCUT2D eigenvalue weighted by Crippen LogP contribution is 2.29. The number of hydrogen-bond acceptors (Lipinski definition) is 5. The Morgan fingerprint density at radius 3 is 2.46 bits per heavy atom. The zero-order chi connectivity index (χ0) is 19.9.